The van der Waals surface area contributed by atoms with E-state index in [2.05, 4.69) is 0 Å². The second kappa shape index (κ2) is 5.73. The molecule has 1 saturated carbocycles. The number of aromatic nitrogens is 1. The van der Waals surface area contributed by atoms with Crippen LogP contribution < -0.4 is 0 Å². The Hall–Kier alpha value is -1.04. The molecule has 6 heteroatoms. The van der Waals surface area contributed by atoms with Crippen LogP contribution in [0.1, 0.15) is 29.4 Å². The first-order valence-corrected chi connectivity index (χ1v) is 6.43. The lowest BCUT2D eigenvalue weighted by Gasteiger charge is -2.21. The van der Waals surface area contributed by atoms with Crippen molar-refractivity contribution in [1.29, 1.82) is 0 Å². The Morgan fingerprint density at radius 3 is 2.50 bits per heavy atom. The van der Waals surface area contributed by atoms with Gasteiger partial charge in [0.2, 0.25) is 0 Å². The minimum atomic E-state index is -0.197. The van der Waals surface area contributed by atoms with Crippen molar-refractivity contribution in [2.24, 2.45) is 0 Å². The number of aliphatic hydroxyl groups is 2. The molecule has 0 spiro atoms. The number of amides is 1. The number of hydrogen-bond donors (Lipinski definition) is 2. The van der Waals surface area contributed by atoms with Crippen LogP contribution in [0.15, 0.2) is 12.3 Å². The Kier molecular flexibility index (Phi) is 4.27. The van der Waals surface area contributed by atoms with E-state index in [1.54, 1.807) is 12.3 Å². The lowest BCUT2D eigenvalue weighted by molar-refractivity contribution is 0.0674. The van der Waals surface area contributed by atoms with E-state index in [0.717, 1.165) is 12.8 Å². The molecular weight excluding hydrogens is 256 g/mol. The van der Waals surface area contributed by atoms with Crippen molar-refractivity contribution in [2.75, 3.05) is 26.3 Å². The zero-order chi connectivity index (χ0) is 13.1. The van der Waals surface area contributed by atoms with Crippen LogP contribution in [-0.2, 0) is 0 Å². The molecule has 1 aromatic heterocycles. The summed E-state index contributed by atoms with van der Waals surface area (Å²) < 4.78 is 1.90. The van der Waals surface area contributed by atoms with Crippen LogP contribution in [0.25, 0.3) is 0 Å². The summed E-state index contributed by atoms with van der Waals surface area (Å²) >= 11 is 5.95. The van der Waals surface area contributed by atoms with Crippen molar-refractivity contribution < 1.29 is 15.0 Å². The molecule has 1 fully saturated rings. The zero-order valence-electron chi connectivity index (χ0n) is 10.0. The molecular formula is C12H17ClN2O3. The average molecular weight is 273 g/mol. The quantitative estimate of drug-likeness (QED) is 0.809. The Labute approximate surface area is 111 Å². The summed E-state index contributed by atoms with van der Waals surface area (Å²) in [4.78, 5) is 13.8. The first kappa shape index (κ1) is 13.4. The highest BCUT2D eigenvalue weighted by molar-refractivity contribution is 6.31. The third-order valence-corrected chi connectivity index (χ3v) is 3.21. The lowest BCUT2D eigenvalue weighted by atomic mass is 10.3. The van der Waals surface area contributed by atoms with Gasteiger partial charge in [0.05, 0.1) is 18.2 Å². The average Bonchev–Trinajstić information content (AvgIpc) is 3.11. The van der Waals surface area contributed by atoms with Gasteiger partial charge < -0.3 is 19.7 Å². The number of halogens is 1. The molecule has 0 saturated heterocycles. The van der Waals surface area contributed by atoms with Gasteiger partial charge in [-0.15, -0.1) is 0 Å². The van der Waals surface area contributed by atoms with Gasteiger partial charge in [0.15, 0.2) is 0 Å². The first-order chi connectivity index (χ1) is 8.67. The van der Waals surface area contributed by atoms with E-state index in [1.807, 2.05) is 4.57 Å². The van der Waals surface area contributed by atoms with Crippen molar-refractivity contribution in [3.8, 4) is 0 Å². The van der Waals surface area contributed by atoms with Crippen LogP contribution in [0.5, 0.6) is 0 Å². The smallest absolute Gasteiger partial charge is 0.270 e. The molecule has 18 heavy (non-hydrogen) atoms. The van der Waals surface area contributed by atoms with E-state index in [4.69, 9.17) is 21.8 Å². The minimum Gasteiger partial charge on any atom is -0.395 e. The van der Waals surface area contributed by atoms with Gasteiger partial charge in [-0.05, 0) is 18.9 Å². The van der Waals surface area contributed by atoms with Crippen LogP contribution >= 0.6 is 11.6 Å². The van der Waals surface area contributed by atoms with Crippen molar-refractivity contribution in [2.45, 2.75) is 18.9 Å². The summed E-state index contributed by atoms with van der Waals surface area (Å²) in [6.45, 7) is 0.187. The van der Waals surface area contributed by atoms with Gasteiger partial charge in [0.25, 0.3) is 5.91 Å². The maximum absolute atomic E-state index is 12.3. The van der Waals surface area contributed by atoms with E-state index in [0.29, 0.717) is 16.8 Å². The Morgan fingerprint density at radius 1 is 1.39 bits per heavy atom. The fourth-order valence-electron chi connectivity index (χ4n) is 1.99. The SMILES string of the molecule is O=C(c1cc(Cl)cn1C1CC1)N(CCO)CCO. The summed E-state index contributed by atoms with van der Waals surface area (Å²) in [6.07, 6.45) is 3.89. The standard InChI is InChI=1S/C12H17ClN2O3/c13-9-7-11(15(8-9)10-1-2-10)12(18)14(3-5-16)4-6-17/h7-8,10,16-17H,1-6H2. The molecule has 0 aromatic carbocycles. The summed E-state index contributed by atoms with van der Waals surface area (Å²) in [6, 6.07) is 2.01. The molecule has 0 unspecified atom stereocenters. The molecule has 1 heterocycles. The van der Waals surface area contributed by atoms with Gasteiger partial charge in [0.1, 0.15) is 5.69 Å². The predicted molar refractivity (Wildman–Crippen MR) is 67.8 cm³/mol. The van der Waals surface area contributed by atoms with Crippen LogP contribution in [0.3, 0.4) is 0 Å². The third-order valence-electron chi connectivity index (χ3n) is 3.00. The van der Waals surface area contributed by atoms with Gasteiger partial charge in [-0.25, -0.2) is 0 Å². The summed E-state index contributed by atoms with van der Waals surface area (Å²) in [5.41, 5.74) is 0.532. The molecule has 100 valence electrons. The monoisotopic (exact) mass is 272 g/mol. The molecule has 1 aliphatic rings. The van der Waals surface area contributed by atoms with Crippen molar-refractivity contribution >= 4 is 17.5 Å². The number of hydrogen-bond acceptors (Lipinski definition) is 3. The Morgan fingerprint density at radius 2 is 2.00 bits per heavy atom. The molecule has 2 rings (SSSR count). The fourth-order valence-corrected chi connectivity index (χ4v) is 2.20. The zero-order valence-corrected chi connectivity index (χ0v) is 10.8. The predicted octanol–water partition coefficient (Wildman–Crippen LogP) is 0.903. The van der Waals surface area contributed by atoms with E-state index in [1.165, 1.54) is 4.90 Å². The van der Waals surface area contributed by atoms with Crippen LogP contribution in [-0.4, -0.2) is 51.9 Å². The van der Waals surface area contributed by atoms with Crippen molar-refractivity contribution in [1.82, 2.24) is 9.47 Å². The largest absolute Gasteiger partial charge is 0.395 e. The van der Waals surface area contributed by atoms with Gasteiger partial charge in [-0.2, -0.15) is 0 Å². The summed E-state index contributed by atoms with van der Waals surface area (Å²) in [7, 11) is 0. The molecule has 1 aliphatic carbocycles. The number of carbonyl (C=O) groups is 1. The van der Waals surface area contributed by atoms with Gasteiger partial charge in [-0.3, -0.25) is 4.79 Å². The topological polar surface area (TPSA) is 65.7 Å². The van der Waals surface area contributed by atoms with Gasteiger partial charge in [-0.1, -0.05) is 11.6 Å². The maximum atomic E-state index is 12.3. The fraction of sp³-hybridized carbons (Fsp3) is 0.583. The number of aliphatic hydroxyl groups excluding tert-OH is 2. The van der Waals surface area contributed by atoms with E-state index in [-0.39, 0.29) is 32.2 Å². The number of carbonyl (C=O) groups excluding carboxylic acids is 1. The molecule has 5 nitrogen and oxygen atoms in total. The molecule has 2 N–H and O–H groups in total. The van der Waals surface area contributed by atoms with Gasteiger partial charge >= 0.3 is 0 Å². The van der Waals surface area contributed by atoms with E-state index < -0.39 is 0 Å². The van der Waals surface area contributed by atoms with Gasteiger partial charge in [0, 0.05) is 25.3 Å². The molecule has 1 aromatic rings. The minimum absolute atomic E-state index is 0.121. The van der Waals surface area contributed by atoms with Crippen LogP contribution in [0.4, 0.5) is 0 Å². The molecule has 0 bridgehead atoms. The first-order valence-electron chi connectivity index (χ1n) is 6.05. The highest BCUT2D eigenvalue weighted by atomic mass is 35.5. The second-order valence-corrected chi connectivity index (χ2v) is 4.86. The molecule has 0 atom stereocenters. The Bertz CT molecular complexity index is 423. The van der Waals surface area contributed by atoms with Crippen LogP contribution in [0.2, 0.25) is 5.02 Å². The van der Waals surface area contributed by atoms with Crippen LogP contribution in [0, 0.1) is 0 Å². The Balaban J connectivity index is 2.20. The summed E-state index contributed by atoms with van der Waals surface area (Å²) in [5.74, 6) is -0.197. The van der Waals surface area contributed by atoms with E-state index >= 15 is 0 Å². The van der Waals surface area contributed by atoms with E-state index in [9.17, 15) is 4.79 Å². The highest BCUT2D eigenvalue weighted by Crippen LogP contribution is 2.37. The second-order valence-electron chi connectivity index (χ2n) is 4.42. The third kappa shape index (κ3) is 2.85. The lowest BCUT2D eigenvalue weighted by Crippen LogP contribution is -2.36. The molecule has 0 aliphatic heterocycles. The summed E-state index contributed by atoms with van der Waals surface area (Å²) in [5, 5.41) is 18.4. The number of rotatable bonds is 6. The van der Waals surface area contributed by atoms with Crippen molar-refractivity contribution in [3.05, 3.63) is 23.0 Å². The van der Waals surface area contributed by atoms with Crippen molar-refractivity contribution in [3.63, 3.8) is 0 Å². The number of nitrogens with zero attached hydrogens (tertiary/aromatic N) is 2. The molecule has 0 radical (unpaired) electrons. The highest BCUT2D eigenvalue weighted by Gasteiger charge is 2.29. The normalized spacial score (nSPS) is 14.8. The molecule has 1 amide bonds. The maximum Gasteiger partial charge on any atom is 0.270 e.